The van der Waals surface area contributed by atoms with Crippen LogP contribution in [0.3, 0.4) is 0 Å². The SMILES string of the molecule is O=C(/C=C/c1ccc(CC(=O)O)cc1)/C=C/c1ccc(OC(F)=C(F)F)cc1. The van der Waals surface area contributed by atoms with Crippen LogP contribution in [-0.2, 0) is 16.0 Å². The van der Waals surface area contributed by atoms with E-state index in [0.717, 1.165) is 5.56 Å². The van der Waals surface area contributed by atoms with E-state index in [4.69, 9.17) is 5.11 Å². The van der Waals surface area contributed by atoms with Gasteiger partial charge in [0.05, 0.1) is 6.42 Å². The van der Waals surface area contributed by atoms with Crippen LogP contribution in [0, 0.1) is 0 Å². The molecule has 28 heavy (non-hydrogen) atoms. The summed E-state index contributed by atoms with van der Waals surface area (Å²) in [6, 6.07) is 10.3. The number of hydrogen-bond donors (Lipinski definition) is 1. The minimum absolute atomic E-state index is 0.0683. The standard InChI is InChI=1S/C21H15F3O4/c22-20(23)21(24)28-18-11-7-15(8-12-18)6-10-17(25)9-5-14-1-3-16(4-2-14)13-19(26)27/h1-12H,13H2,(H,26,27)/b9-5+,10-6+. The maximum atomic E-state index is 12.7. The lowest BCUT2D eigenvalue weighted by atomic mass is 10.1. The average molecular weight is 388 g/mol. The van der Waals surface area contributed by atoms with Crippen molar-refractivity contribution in [2.45, 2.75) is 6.42 Å². The van der Waals surface area contributed by atoms with Gasteiger partial charge in [-0.05, 0) is 41.0 Å². The third-order valence-electron chi connectivity index (χ3n) is 3.45. The van der Waals surface area contributed by atoms with Crippen LogP contribution in [0.25, 0.3) is 12.2 Å². The van der Waals surface area contributed by atoms with Crippen LogP contribution in [0.5, 0.6) is 5.75 Å². The van der Waals surface area contributed by atoms with Gasteiger partial charge < -0.3 is 9.84 Å². The number of carboxylic acids is 1. The van der Waals surface area contributed by atoms with Crippen LogP contribution in [0.4, 0.5) is 13.2 Å². The van der Waals surface area contributed by atoms with E-state index in [1.165, 1.54) is 42.5 Å². The lowest BCUT2D eigenvalue weighted by Gasteiger charge is -2.01. The van der Waals surface area contributed by atoms with E-state index in [1.54, 1.807) is 30.3 Å². The van der Waals surface area contributed by atoms with Gasteiger partial charge in [-0.15, -0.1) is 0 Å². The Hall–Kier alpha value is -3.61. The van der Waals surface area contributed by atoms with Gasteiger partial charge in [-0.25, -0.2) is 0 Å². The predicted molar refractivity (Wildman–Crippen MR) is 98.3 cm³/mol. The first kappa shape index (κ1) is 20.7. The van der Waals surface area contributed by atoms with E-state index in [0.29, 0.717) is 11.1 Å². The van der Waals surface area contributed by atoms with Gasteiger partial charge in [-0.2, -0.15) is 13.2 Å². The van der Waals surface area contributed by atoms with Gasteiger partial charge in [0.2, 0.25) is 0 Å². The van der Waals surface area contributed by atoms with Crippen molar-refractivity contribution in [2.24, 2.45) is 0 Å². The van der Waals surface area contributed by atoms with Crippen molar-refractivity contribution in [3.63, 3.8) is 0 Å². The Morgan fingerprint density at radius 2 is 1.36 bits per heavy atom. The Balaban J connectivity index is 1.93. The fraction of sp³-hybridized carbons (Fsp3) is 0.0476. The van der Waals surface area contributed by atoms with Crippen molar-refractivity contribution in [2.75, 3.05) is 0 Å². The highest BCUT2D eigenvalue weighted by Crippen LogP contribution is 2.19. The number of benzene rings is 2. The zero-order valence-corrected chi connectivity index (χ0v) is 14.4. The van der Waals surface area contributed by atoms with Gasteiger partial charge in [0, 0.05) is 0 Å². The summed E-state index contributed by atoms with van der Waals surface area (Å²) in [5.74, 6) is -1.30. The number of aliphatic carboxylic acids is 1. The number of ketones is 1. The number of allylic oxidation sites excluding steroid dienone is 2. The quantitative estimate of drug-likeness (QED) is 0.509. The van der Waals surface area contributed by atoms with E-state index >= 15 is 0 Å². The maximum absolute atomic E-state index is 12.7. The molecule has 0 aliphatic rings. The van der Waals surface area contributed by atoms with Crippen molar-refractivity contribution in [3.8, 4) is 5.75 Å². The van der Waals surface area contributed by atoms with Gasteiger partial charge in [0.1, 0.15) is 5.75 Å². The van der Waals surface area contributed by atoms with Crippen LogP contribution < -0.4 is 4.74 Å². The number of halogens is 3. The van der Waals surface area contributed by atoms with Crippen LogP contribution in [-0.4, -0.2) is 16.9 Å². The highest BCUT2D eigenvalue weighted by atomic mass is 19.3. The smallest absolute Gasteiger partial charge is 0.344 e. The summed E-state index contributed by atoms with van der Waals surface area (Å²) >= 11 is 0. The van der Waals surface area contributed by atoms with Gasteiger partial charge in [0.25, 0.3) is 0 Å². The van der Waals surface area contributed by atoms with Crippen molar-refractivity contribution < 1.29 is 32.6 Å². The number of carbonyl (C=O) groups is 2. The number of ether oxygens (including phenoxy) is 1. The minimum Gasteiger partial charge on any atom is -0.481 e. The molecule has 7 heteroatoms. The molecule has 0 radical (unpaired) electrons. The largest absolute Gasteiger partial charge is 0.481 e. The molecule has 2 aromatic rings. The van der Waals surface area contributed by atoms with E-state index in [-0.39, 0.29) is 18.0 Å². The fourth-order valence-corrected chi connectivity index (χ4v) is 2.12. The molecule has 0 aliphatic heterocycles. The molecule has 1 N–H and O–H groups in total. The number of hydrogen-bond acceptors (Lipinski definition) is 3. The fourth-order valence-electron chi connectivity index (χ4n) is 2.12. The Kier molecular flexibility index (Phi) is 7.33. The number of carboxylic acid groups (broad SMARTS) is 1. The zero-order chi connectivity index (χ0) is 20.5. The van der Waals surface area contributed by atoms with Gasteiger partial charge in [0.15, 0.2) is 5.78 Å². The second-order valence-electron chi connectivity index (χ2n) is 5.59. The first-order valence-electron chi connectivity index (χ1n) is 8.03. The highest BCUT2D eigenvalue weighted by Gasteiger charge is 2.07. The Morgan fingerprint density at radius 1 is 0.857 bits per heavy atom. The highest BCUT2D eigenvalue weighted by molar-refractivity contribution is 6.04. The molecule has 0 bridgehead atoms. The number of carbonyl (C=O) groups excluding carboxylic acids is 1. The van der Waals surface area contributed by atoms with Crippen LogP contribution in [0.15, 0.2) is 72.8 Å². The Bertz CT molecular complexity index is 923. The minimum atomic E-state index is -2.54. The summed E-state index contributed by atoms with van der Waals surface area (Å²) in [5.41, 5.74) is 2.00. The summed E-state index contributed by atoms with van der Waals surface area (Å²) in [5, 5.41) is 8.72. The van der Waals surface area contributed by atoms with Crippen molar-refractivity contribution in [1.29, 1.82) is 0 Å². The molecular formula is C21H15F3O4. The molecule has 0 aliphatic carbocycles. The Labute approximate surface area is 158 Å². The molecule has 0 unspecified atom stereocenters. The molecular weight excluding hydrogens is 373 g/mol. The topological polar surface area (TPSA) is 63.6 Å². The molecule has 0 heterocycles. The van der Waals surface area contributed by atoms with Crippen LogP contribution in [0.2, 0.25) is 0 Å². The maximum Gasteiger partial charge on any atom is 0.344 e. The summed E-state index contributed by atoms with van der Waals surface area (Å²) in [7, 11) is 0. The molecule has 0 spiro atoms. The molecule has 0 atom stereocenters. The first-order valence-corrected chi connectivity index (χ1v) is 8.03. The first-order chi connectivity index (χ1) is 13.3. The van der Waals surface area contributed by atoms with E-state index in [1.807, 2.05) is 0 Å². The predicted octanol–water partition coefficient (Wildman–Crippen LogP) is 5.02. The molecule has 144 valence electrons. The normalized spacial score (nSPS) is 11.0. The van der Waals surface area contributed by atoms with E-state index < -0.39 is 18.1 Å². The van der Waals surface area contributed by atoms with Crippen LogP contribution in [0.1, 0.15) is 16.7 Å². The number of rotatable bonds is 8. The second-order valence-corrected chi connectivity index (χ2v) is 5.59. The third-order valence-corrected chi connectivity index (χ3v) is 3.45. The molecule has 0 saturated carbocycles. The summed E-state index contributed by atoms with van der Waals surface area (Å²) in [6.07, 6.45) is 3.15. The summed E-state index contributed by atoms with van der Waals surface area (Å²) in [4.78, 5) is 22.5. The average Bonchev–Trinajstić information content (AvgIpc) is 2.66. The van der Waals surface area contributed by atoms with E-state index in [2.05, 4.69) is 4.74 Å². The monoisotopic (exact) mass is 388 g/mol. The van der Waals surface area contributed by atoms with Crippen molar-refractivity contribution >= 4 is 23.9 Å². The second kappa shape index (κ2) is 9.91. The van der Waals surface area contributed by atoms with E-state index in [9.17, 15) is 22.8 Å². The summed E-state index contributed by atoms with van der Waals surface area (Å²) in [6.45, 7) is 0. The summed E-state index contributed by atoms with van der Waals surface area (Å²) < 4.78 is 40.9. The molecule has 0 saturated heterocycles. The van der Waals surface area contributed by atoms with Crippen molar-refractivity contribution in [3.05, 3.63) is 89.5 Å². The molecule has 2 rings (SSSR count). The molecule has 0 aromatic heterocycles. The molecule has 2 aromatic carbocycles. The van der Waals surface area contributed by atoms with Crippen molar-refractivity contribution in [1.82, 2.24) is 0 Å². The lowest BCUT2D eigenvalue weighted by Crippen LogP contribution is -1.99. The molecule has 0 fully saturated rings. The molecule has 0 amide bonds. The zero-order valence-electron chi connectivity index (χ0n) is 14.4. The molecule has 4 nitrogen and oxygen atoms in total. The van der Waals surface area contributed by atoms with Gasteiger partial charge in [-0.1, -0.05) is 48.6 Å². The van der Waals surface area contributed by atoms with Crippen LogP contribution >= 0.6 is 0 Å². The van der Waals surface area contributed by atoms with Gasteiger partial charge >= 0.3 is 18.1 Å². The third kappa shape index (κ3) is 6.95. The lowest BCUT2D eigenvalue weighted by molar-refractivity contribution is -0.136. The van der Waals surface area contributed by atoms with Gasteiger partial charge in [-0.3, -0.25) is 9.59 Å². The Morgan fingerprint density at radius 3 is 1.82 bits per heavy atom.